The highest BCUT2D eigenvalue weighted by Crippen LogP contribution is 2.31. The van der Waals surface area contributed by atoms with Gasteiger partial charge in [0, 0.05) is 12.2 Å². The van der Waals surface area contributed by atoms with Gasteiger partial charge < -0.3 is 14.6 Å². The van der Waals surface area contributed by atoms with E-state index >= 15 is 0 Å². The first kappa shape index (κ1) is 25.8. The number of benzene rings is 2. The van der Waals surface area contributed by atoms with Crippen LogP contribution >= 0.6 is 11.8 Å². The molecule has 3 aromatic rings. The molecule has 0 saturated carbocycles. The van der Waals surface area contributed by atoms with Crippen molar-refractivity contribution in [1.82, 2.24) is 14.8 Å². The molecule has 34 heavy (non-hydrogen) atoms. The number of amides is 1. The van der Waals surface area contributed by atoms with Crippen LogP contribution in [0.2, 0.25) is 0 Å². The van der Waals surface area contributed by atoms with Crippen molar-refractivity contribution in [2.75, 3.05) is 11.1 Å². The van der Waals surface area contributed by atoms with Gasteiger partial charge in [-0.15, -0.1) is 10.2 Å². The number of aromatic nitrogens is 3. The van der Waals surface area contributed by atoms with Gasteiger partial charge in [-0.1, -0.05) is 69.8 Å². The predicted molar refractivity (Wildman–Crippen MR) is 140 cm³/mol. The van der Waals surface area contributed by atoms with E-state index in [9.17, 15) is 4.79 Å². The van der Waals surface area contributed by atoms with Gasteiger partial charge in [0.25, 0.3) is 0 Å². The molecule has 0 bridgehead atoms. The molecule has 1 aromatic heterocycles. The molecule has 7 heteroatoms. The van der Waals surface area contributed by atoms with Gasteiger partial charge in [-0.3, -0.25) is 4.79 Å². The Bertz CT molecular complexity index is 1120. The number of thioether (sulfide) groups is 1. The molecular formula is C27H36N4O2S. The van der Waals surface area contributed by atoms with Crippen LogP contribution in [-0.4, -0.2) is 26.4 Å². The van der Waals surface area contributed by atoms with Crippen molar-refractivity contribution in [1.29, 1.82) is 0 Å². The highest BCUT2D eigenvalue weighted by Gasteiger charge is 2.22. The molecule has 182 valence electrons. The minimum atomic E-state index is -0.274. The smallest absolute Gasteiger partial charge is 0.234 e. The van der Waals surface area contributed by atoms with E-state index in [0.717, 1.165) is 40.1 Å². The van der Waals surface area contributed by atoms with Crippen molar-refractivity contribution in [2.45, 2.75) is 72.2 Å². The van der Waals surface area contributed by atoms with Gasteiger partial charge in [0.15, 0.2) is 17.1 Å². The van der Waals surface area contributed by atoms with Crippen molar-refractivity contribution in [2.24, 2.45) is 5.92 Å². The van der Waals surface area contributed by atoms with Crippen LogP contribution in [0.4, 0.5) is 5.69 Å². The molecule has 0 spiro atoms. The zero-order chi connectivity index (χ0) is 24.8. The van der Waals surface area contributed by atoms with Crippen LogP contribution in [0.25, 0.3) is 0 Å². The first-order chi connectivity index (χ1) is 16.2. The Balaban J connectivity index is 1.75. The van der Waals surface area contributed by atoms with E-state index in [1.807, 2.05) is 57.2 Å². The summed E-state index contributed by atoms with van der Waals surface area (Å²) in [5.74, 6) is 2.59. The third kappa shape index (κ3) is 6.41. The average molecular weight is 481 g/mol. The lowest BCUT2D eigenvalue weighted by Gasteiger charge is -2.20. The molecule has 0 aliphatic rings. The van der Waals surface area contributed by atoms with Crippen molar-refractivity contribution in [3.8, 4) is 5.75 Å². The van der Waals surface area contributed by atoms with Gasteiger partial charge in [-0.25, -0.2) is 0 Å². The third-order valence-corrected chi connectivity index (χ3v) is 6.68. The highest BCUT2D eigenvalue weighted by atomic mass is 32.2. The number of para-hydroxylation sites is 1. The Labute approximate surface area is 207 Å². The van der Waals surface area contributed by atoms with Gasteiger partial charge in [-0.2, -0.15) is 0 Å². The van der Waals surface area contributed by atoms with Gasteiger partial charge in [0.1, 0.15) is 5.75 Å². The number of anilines is 1. The number of ether oxygens (including phenoxy) is 1. The van der Waals surface area contributed by atoms with E-state index in [0.29, 0.717) is 11.8 Å². The molecule has 6 nitrogen and oxygen atoms in total. The summed E-state index contributed by atoms with van der Waals surface area (Å²) in [7, 11) is 0. The number of hydrogen-bond acceptors (Lipinski definition) is 5. The van der Waals surface area contributed by atoms with Crippen LogP contribution in [0.3, 0.4) is 0 Å². The standard InChI is InChI=1S/C27H36N4O2S/c1-17(2)15-31-26(21(7)33-24-14-9-8-12-22(24)18(3)4)29-30-27(31)34-16-25(32)28-23-13-10-11-19(5)20(23)6/h8-14,17-18,21H,15-16H2,1-7H3,(H,28,32). The first-order valence-corrected chi connectivity index (χ1v) is 12.8. The maximum Gasteiger partial charge on any atom is 0.234 e. The molecule has 0 radical (unpaired) electrons. The Morgan fingerprint density at radius 1 is 1.03 bits per heavy atom. The summed E-state index contributed by atoms with van der Waals surface area (Å²) >= 11 is 1.40. The molecule has 0 aliphatic carbocycles. The minimum absolute atomic E-state index is 0.0606. The SMILES string of the molecule is Cc1cccc(NC(=O)CSc2nnc(C(C)Oc3ccccc3C(C)C)n2CC(C)C)c1C. The lowest BCUT2D eigenvalue weighted by atomic mass is 10.0. The Morgan fingerprint density at radius 3 is 2.47 bits per heavy atom. The zero-order valence-corrected chi connectivity index (χ0v) is 22.1. The molecule has 0 fully saturated rings. The van der Waals surface area contributed by atoms with Gasteiger partial charge in [-0.05, 0) is 61.4 Å². The number of aryl methyl sites for hydroxylation is 1. The fourth-order valence-electron chi connectivity index (χ4n) is 3.76. The second kappa shape index (κ2) is 11.6. The van der Waals surface area contributed by atoms with Gasteiger partial charge in [0.05, 0.1) is 5.75 Å². The summed E-state index contributed by atoms with van der Waals surface area (Å²) in [6.07, 6.45) is -0.274. The van der Waals surface area contributed by atoms with Crippen LogP contribution < -0.4 is 10.1 Å². The number of nitrogens with one attached hydrogen (secondary N) is 1. The molecule has 1 heterocycles. The lowest BCUT2D eigenvalue weighted by molar-refractivity contribution is -0.113. The second-order valence-corrected chi connectivity index (χ2v) is 10.3. The van der Waals surface area contributed by atoms with Crippen LogP contribution in [0, 0.1) is 19.8 Å². The largest absolute Gasteiger partial charge is 0.482 e. The maximum atomic E-state index is 12.7. The summed E-state index contributed by atoms with van der Waals surface area (Å²) in [5, 5.41) is 12.6. The summed E-state index contributed by atoms with van der Waals surface area (Å²) < 4.78 is 8.43. The molecule has 1 unspecified atom stereocenters. The van der Waals surface area contributed by atoms with Crippen LogP contribution in [0.1, 0.15) is 69.2 Å². The summed E-state index contributed by atoms with van der Waals surface area (Å²) in [4.78, 5) is 12.7. The topological polar surface area (TPSA) is 69.0 Å². The quantitative estimate of drug-likeness (QED) is 0.333. The third-order valence-electron chi connectivity index (χ3n) is 5.71. The van der Waals surface area contributed by atoms with Crippen LogP contribution in [0.5, 0.6) is 5.75 Å². The van der Waals surface area contributed by atoms with Crippen LogP contribution in [-0.2, 0) is 11.3 Å². The molecule has 2 aromatic carbocycles. The summed E-state index contributed by atoms with van der Waals surface area (Å²) in [6, 6.07) is 14.0. The van der Waals surface area contributed by atoms with Crippen molar-refractivity contribution in [3.63, 3.8) is 0 Å². The first-order valence-electron chi connectivity index (χ1n) is 11.8. The van der Waals surface area contributed by atoms with Gasteiger partial charge in [0.2, 0.25) is 5.91 Å². The normalized spacial score (nSPS) is 12.3. The number of carbonyl (C=O) groups is 1. The lowest BCUT2D eigenvalue weighted by Crippen LogP contribution is -2.17. The van der Waals surface area contributed by atoms with Crippen LogP contribution in [0.15, 0.2) is 47.6 Å². The Morgan fingerprint density at radius 2 is 1.76 bits per heavy atom. The highest BCUT2D eigenvalue weighted by molar-refractivity contribution is 7.99. The van der Waals surface area contributed by atoms with E-state index in [1.165, 1.54) is 17.3 Å². The summed E-state index contributed by atoms with van der Waals surface area (Å²) in [5.41, 5.74) is 4.25. The van der Waals surface area contributed by atoms with Crippen molar-refractivity contribution >= 4 is 23.4 Å². The second-order valence-electron chi connectivity index (χ2n) is 9.38. The maximum absolute atomic E-state index is 12.7. The summed E-state index contributed by atoms with van der Waals surface area (Å²) in [6.45, 7) is 15.4. The molecular weight excluding hydrogens is 444 g/mol. The number of nitrogens with zero attached hydrogens (tertiary/aromatic N) is 3. The van der Waals surface area contributed by atoms with E-state index in [4.69, 9.17) is 4.74 Å². The molecule has 0 saturated heterocycles. The zero-order valence-electron chi connectivity index (χ0n) is 21.3. The fraction of sp³-hybridized carbons (Fsp3) is 0.444. The van der Waals surface area contributed by atoms with Crippen molar-refractivity contribution < 1.29 is 9.53 Å². The monoisotopic (exact) mass is 480 g/mol. The Hall–Kier alpha value is -2.80. The molecule has 0 aliphatic heterocycles. The molecule has 3 rings (SSSR count). The van der Waals surface area contributed by atoms with E-state index in [1.54, 1.807) is 0 Å². The molecule has 1 N–H and O–H groups in total. The Kier molecular flexibility index (Phi) is 8.78. The van der Waals surface area contributed by atoms with Gasteiger partial charge >= 0.3 is 0 Å². The van der Waals surface area contributed by atoms with E-state index in [-0.39, 0.29) is 17.8 Å². The number of rotatable bonds is 10. The molecule has 1 atom stereocenters. The molecule has 1 amide bonds. The van der Waals surface area contributed by atoms with E-state index in [2.05, 4.69) is 53.8 Å². The predicted octanol–water partition coefficient (Wildman–Crippen LogP) is 6.55. The minimum Gasteiger partial charge on any atom is -0.482 e. The fourth-order valence-corrected chi connectivity index (χ4v) is 4.51. The van der Waals surface area contributed by atoms with Crippen molar-refractivity contribution in [3.05, 3.63) is 65.0 Å². The van der Waals surface area contributed by atoms with E-state index < -0.39 is 0 Å². The number of hydrogen-bond donors (Lipinski definition) is 1. The average Bonchev–Trinajstić information content (AvgIpc) is 3.17. The number of carbonyl (C=O) groups excluding carboxylic acids is 1.